The Hall–Kier alpha value is -2.22. The number of nitrogens with zero attached hydrogens (tertiary/aromatic N) is 2. The molecule has 1 aromatic heterocycles. The maximum atomic E-state index is 11.9. The van der Waals surface area contributed by atoms with Gasteiger partial charge in [0.05, 0.1) is 24.7 Å². The van der Waals surface area contributed by atoms with Gasteiger partial charge in [0.25, 0.3) is 0 Å². The number of benzene rings is 1. The average Bonchev–Trinajstić information content (AvgIpc) is 2.56. The number of hydrogen-bond acceptors (Lipinski definition) is 5. The van der Waals surface area contributed by atoms with E-state index in [1.54, 1.807) is 36.7 Å². The van der Waals surface area contributed by atoms with Gasteiger partial charge in [-0.3, -0.25) is 0 Å². The Kier molecular flexibility index (Phi) is 5.02. The second kappa shape index (κ2) is 7.36. The Morgan fingerprint density at radius 1 is 1.26 bits per heavy atom. The molecule has 1 atom stereocenters. The van der Waals surface area contributed by atoms with Gasteiger partial charge in [-0.1, -0.05) is 17.7 Å². The highest BCUT2D eigenvalue weighted by Gasteiger charge is 2.18. The van der Waals surface area contributed by atoms with Crippen LogP contribution in [0.25, 0.3) is 0 Å². The van der Waals surface area contributed by atoms with Gasteiger partial charge < -0.3 is 20.7 Å². The van der Waals surface area contributed by atoms with Crippen LogP contribution < -0.4 is 16.0 Å². The van der Waals surface area contributed by atoms with Crippen molar-refractivity contribution >= 4 is 29.0 Å². The lowest BCUT2D eigenvalue weighted by Gasteiger charge is -2.22. The summed E-state index contributed by atoms with van der Waals surface area (Å²) in [6.07, 6.45) is 2.95. The van der Waals surface area contributed by atoms with Gasteiger partial charge in [0, 0.05) is 23.8 Å². The summed E-state index contributed by atoms with van der Waals surface area (Å²) in [5.41, 5.74) is 1.10. The normalized spacial score (nSPS) is 17.5. The molecule has 0 radical (unpaired) electrons. The molecule has 0 bridgehead atoms. The van der Waals surface area contributed by atoms with E-state index in [-0.39, 0.29) is 12.1 Å². The Balaban J connectivity index is 1.58. The van der Waals surface area contributed by atoms with Crippen LogP contribution in [-0.4, -0.2) is 35.7 Å². The van der Waals surface area contributed by atoms with Gasteiger partial charge in [0.1, 0.15) is 6.10 Å². The topological polar surface area (TPSA) is 88.2 Å². The molecule has 3 N–H and O–H groups in total. The van der Waals surface area contributed by atoms with E-state index in [1.807, 2.05) is 0 Å². The van der Waals surface area contributed by atoms with Crippen LogP contribution in [0, 0.1) is 0 Å². The molecule has 0 saturated carbocycles. The summed E-state index contributed by atoms with van der Waals surface area (Å²) >= 11 is 5.87. The van der Waals surface area contributed by atoms with Gasteiger partial charge in [0.15, 0.2) is 5.82 Å². The number of anilines is 2. The maximum Gasteiger partial charge on any atom is 0.323 e. The van der Waals surface area contributed by atoms with Crippen molar-refractivity contribution in [1.29, 1.82) is 0 Å². The summed E-state index contributed by atoms with van der Waals surface area (Å²) < 4.78 is 5.58. The summed E-state index contributed by atoms with van der Waals surface area (Å²) in [6, 6.07) is 6.51. The molecular weight excluding hydrogens is 318 g/mol. The molecule has 1 aromatic carbocycles. The fraction of sp³-hybridized carbons (Fsp3) is 0.267. The number of hydrogen-bond donors (Lipinski definition) is 3. The van der Waals surface area contributed by atoms with Crippen molar-refractivity contribution in [3.63, 3.8) is 0 Å². The molecule has 2 amide bonds. The molecule has 0 unspecified atom stereocenters. The first kappa shape index (κ1) is 15.7. The highest BCUT2D eigenvalue weighted by atomic mass is 35.5. The van der Waals surface area contributed by atoms with Crippen molar-refractivity contribution in [2.24, 2.45) is 0 Å². The number of halogens is 1. The summed E-state index contributed by atoms with van der Waals surface area (Å²) in [7, 11) is 0. The highest BCUT2D eigenvalue weighted by molar-refractivity contribution is 6.30. The first-order valence-electron chi connectivity index (χ1n) is 7.18. The second-order valence-electron chi connectivity index (χ2n) is 4.98. The maximum absolute atomic E-state index is 11.9. The predicted octanol–water partition coefficient (Wildman–Crippen LogP) is 2.43. The lowest BCUT2D eigenvalue weighted by atomic mass is 10.3. The monoisotopic (exact) mass is 333 g/mol. The SMILES string of the molecule is O=C(Nc1cnc([C@@H]2CNCCO2)nc1)Nc1cccc(Cl)c1. The number of morpholine rings is 1. The Morgan fingerprint density at radius 3 is 2.74 bits per heavy atom. The van der Waals surface area contributed by atoms with Crippen LogP contribution in [0.3, 0.4) is 0 Å². The molecule has 0 spiro atoms. The van der Waals surface area contributed by atoms with E-state index in [1.165, 1.54) is 0 Å². The molecule has 7 nitrogen and oxygen atoms in total. The summed E-state index contributed by atoms with van der Waals surface area (Å²) in [4.78, 5) is 20.4. The Bertz CT molecular complexity index is 674. The third-order valence-corrected chi connectivity index (χ3v) is 3.46. The molecule has 0 aliphatic carbocycles. The number of nitrogens with one attached hydrogen (secondary N) is 3. The summed E-state index contributed by atoms with van der Waals surface area (Å²) in [5.74, 6) is 0.595. The van der Waals surface area contributed by atoms with E-state index in [4.69, 9.17) is 16.3 Å². The Morgan fingerprint density at radius 2 is 2.04 bits per heavy atom. The number of amides is 2. The third kappa shape index (κ3) is 4.38. The minimum Gasteiger partial charge on any atom is -0.368 e. The molecule has 1 saturated heterocycles. The lowest BCUT2D eigenvalue weighted by Crippen LogP contribution is -2.34. The third-order valence-electron chi connectivity index (χ3n) is 3.23. The average molecular weight is 334 g/mol. The minimum atomic E-state index is -0.390. The number of ether oxygens (including phenoxy) is 1. The molecule has 1 fully saturated rings. The van der Waals surface area contributed by atoms with Gasteiger partial charge in [-0.15, -0.1) is 0 Å². The molecule has 8 heteroatoms. The summed E-state index contributed by atoms with van der Waals surface area (Å²) in [6.45, 7) is 2.15. The summed E-state index contributed by atoms with van der Waals surface area (Å²) in [5, 5.41) is 9.12. The molecule has 1 aliphatic rings. The van der Waals surface area contributed by atoms with Crippen molar-refractivity contribution in [1.82, 2.24) is 15.3 Å². The van der Waals surface area contributed by atoms with Crippen molar-refractivity contribution in [2.75, 3.05) is 30.3 Å². The first-order chi connectivity index (χ1) is 11.2. The smallest absolute Gasteiger partial charge is 0.323 e. The Labute approximate surface area is 138 Å². The van der Waals surface area contributed by atoms with Crippen molar-refractivity contribution in [3.05, 3.63) is 47.5 Å². The number of carbonyl (C=O) groups is 1. The van der Waals surface area contributed by atoms with Gasteiger partial charge in [-0.05, 0) is 18.2 Å². The quantitative estimate of drug-likeness (QED) is 0.803. The second-order valence-corrected chi connectivity index (χ2v) is 5.42. The standard InChI is InChI=1S/C15H16ClN5O2/c16-10-2-1-3-11(6-10)20-15(22)21-12-7-18-14(19-8-12)13-9-17-4-5-23-13/h1-3,6-8,13,17H,4-5,9H2,(H2,20,21,22)/t13-/m0/s1. The largest absolute Gasteiger partial charge is 0.368 e. The first-order valence-corrected chi connectivity index (χ1v) is 7.56. The van der Waals surface area contributed by atoms with Crippen LogP contribution in [0.5, 0.6) is 0 Å². The van der Waals surface area contributed by atoms with E-state index < -0.39 is 0 Å². The van der Waals surface area contributed by atoms with E-state index in [0.29, 0.717) is 35.4 Å². The van der Waals surface area contributed by atoms with Gasteiger partial charge >= 0.3 is 6.03 Å². The molecule has 1 aliphatic heterocycles. The van der Waals surface area contributed by atoms with Gasteiger partial charge in [0.2, 0.25) is 0 Å². The zero-order valence-corrected chi connectivity index (χ0v) is 13.0. The van der Waals surface area contributed by atoms with Crippen LogP contribution in [-0.2, 0) is 4.74 Å². The lowest BCUT2D eigenvalue weighted by molar-refractivity contribution is 0.0221. The van der Waals surface area contributed by atoms with Gasteiger partial charge in [-0.2, -0.15) is 0 Å². The minimum absolute atomic E-state index is 0.155. The van der Waals surface area contributed by atoms with E-state index >= 15 is 0 Å². The molecule has 2 aromatic rings. The van der Waals surface area contributed by atoms with Crippen molar-refractivity contribution in [2.45, 2.75) is 6.10 Å². The van der Waals surface area contributed by atoms with Crippen molar-refractivity contribution in [3.8, 4) is 0 Å². The fourth-order valence-electron chi connectivity index (χ4n) is 2.16. The van der Waals surface area contributed by atoms with Crippen LogP contribution in [0.2, 0.25) is 5.02 Å². The molecule has 3 rings (SSSR count). The van der Waals surface area contributed by atoms with E-state index in [2.05, 4.69) is 25.9 Å². The number of aromatic nitrogens is 2. The highest BCUT2D eigenvalue weighted by Crippen LogP contribution is 2.17. The molecule has 2 heterocycles. The van der Waals surface area contributed by atoms with Crippen LogP contribution in [0.15, 0.2) is 36.7 Å². The number of carbonyl (C=O) groups excluding carboxylic acids is 1. The zero-order chi connectivity index (χ0) is 16.1. The van der Waals surface area contributed by atoms with Crippen molar-refractivity contribution < 1.29 is 9.53 Å². The fourth-order valence-corrected chi connectivity index (χ4v) is 2.35. The molecule has 120 valence electrons. The molecular formula is C15H16ClN5O2. The van der Waals surface area contributed by atoms with Crippen LogP contribution in [0.4, 0.5) is 16.2 Å². The van der Waals surface area contributed by atoms with Crippen LogP contribution in [0.1, 0.15) is 11.9 Å². The van der Waals surface area contributed by atoms with Crippen LogP contribution >= 0.6 is 11.6 Å². The molecule has 23 heavy (non-hydrogen) atoms. The number of urea groups is 1. The number of rotatable bonds is 3. The van der Waals surface area contributed by atoms with E-state index in [9.17, 15) is 4.79 Å². The zero-order valence-electron chi connectivity index (χ0n) is 12.3. The van der Waals surface area contributed by atoms with E-state index in [0.717, 1.165) is 6.54 Å². The predicted molar refractivity (Wildman–Crippen MR) is 87.7 cm³/mol. The van der Waals surface area contributed by atoms with Gasteiger partial charge in [-0.25, -0.2) is 14.8 Å².